The van der Waals surface area contributed by atoms with Crippen molar-refractivity contribution < 1.29 is 5.21 Å². The monoisotopic (exact) mass is 264 g/mol. The van der Waals surface area contributed by atoms with E-state index in [0.29, 0.717) is 0 Å². The fourth-order valence-electron chi connectivity index (χ4n) is 1.18. The number of hydrogen-bond acceptors (Lipinski definition) is 2. The smallest absolute Gasteiger partial charge is 0.0810 e. The largest absolute Gasteiger partial charge is 0.429 e. The second-order valence-electron chi connectivity index (χ2n) is 3.01. The molecule has 0 saturated heterocycles. The molecule has 15 heavy (non-hydrogen) atoms. The van der Waals surface area contributed by atoms with E-state index in [2.05, 4.69) is 20.9 Å². The predicted molar refractivity (Wildman–Crippen MR) is 61.0 cm³/mol. The Morgan fingerprint density at radius 1 is 1.13 bits per heavy atom. The highest BCUT2D eigenvalue weighted by Crippen LogP contribution is 2.09. The number of hydrogen-bond donors (Lipinski definition) is 1. The maximum atomic E-state index is 9.15. The number of aromatic nitrogens is 1. The third-order valence-corrected chi connectivity index (χ3v) is 2.49. The normalized spacial score (nSPS) is 11.7. The molecule has 0 fully saturated rings. The average molecular weight is 265 g/mol. The Morgan fingerprint density at radius 2 is 1.87 bits per heavy atom. The number of nitrogens with zero attached hydrogens (tertiary/aromatic N) is 2. The van der Waals surface area contributed by atoms with Crippen molar-refractivity contribution in [2.24, 2.45) is 4.99 Å². The van der Waals surface area contributed by atoms with Gasteiger partial charge in [0.15, 0.2) is 0 Å². The first-order chi connectivity index (χ1) is 7.25. The summed E-state index contributed by atoms with van der Waals surface area (Å²) in [5, 5.41) is 9.93. The predicted octanol–water partition coefficient (Wildman–Crippen LogP) is 2.72. The van der Waals surface area contributed by atoms with Crippen LogP contribution >= 0.6 is 15.9 Å². The SMILES string of the molecule is On1ccc(=Nc2ccccc2)c(Br)c1. The van der Waals surface area contributed by atoms with Crippen molar-refractivity contribution in [3.05, 3.63) is 58.6 Å². The molecule has 2 rings (SSSR count). The van der Waals surface area contributed by atoms with Crippen LogP contribution in [0.3, 0.4) is 0 Å². The quantitative estimate of drug-likeness (QED) is 0.791. The fourth-order valence-corrected chi connectivity index (χ4v) is 1.61. The Balaban J connectivity index is 2.50. The van der Waals surface area contributed by atoms with Gasteiger partial charge in [0.25, 0.3) is 0 Å². The van der Waals surface area contributed by atoms with Crippen LogP contribution in [0.15, 0.2) is 58.3 Å². The zero-order valence-electron chi connectivity index (χ0n) is 7.84. The van der Waals surface area contributed by atoms with E-state index in [1.807, 2.05) is 30.3 Å². The van der Waals surface area contributed by atoms with Gasteiger partial charge in [-0.05, 0) is 34.1 Å². The lowest BCUT2D eigenvalue weighted by Crippen LogP contribution is -2.05. The first kappa shape index (κ1) is 9.98. The Kier molecular flexibility index (Phi) is 2.87. The van der Waals surface area contributed by atoms with Gasteiger partial charge in [0.2, 0.25) is 0 Å². The van der Waals surface area contributed by atoms with Crippen molar-refractivity contribution in [3.63, 3.8) is 0 Å². The average Bonchev–Trinajstić information content (AvgIpc) is 2.24. The van der Waals surface area contributed by atoms with Crippen LogP contribution in [0.5, 0.6) is 0 Å². The Bertz CT molecular complexity index is 520. The van der Waals surface area contributed by atoms with E-state index in [1.165, 1.54) is 6.20 Å². The molecule has 0 unspecified atom stereocenters. The maximum absolute atomic E-state index is 9.15. The van der Waals surface area contributed by atoms with Gasteiger partial charge >= 0.3 is 0 Å². The molecule has 2 aromatic rings. The van der Waals surface area contributed by atoms with Crippen LogP contribution in [0.1, 0.15) is 0 Å². The Morgan fingerprint density at radius 3 is 2.53 bits per heavy atom. The van der Waals surface area contributed by atoms with Crippen molar-refractivity contribution >= 4 is 21.6 Å². The zero-order valence-corrected chi connectivity index (χ0v) is 9.42. The summed E-state index contributed by atoms with van der Waals surface area (Å²) in [6.07, 6.45) is 3.08. The van der Waals surface area contributed by atoms with Crippen molar-refractivity contribution in [2.75, 3.05) is 0 Å². The van der Waals surface area contributed by atoms with E-state index in [-0.39, 0.29) is 0 Å². The zero-order chi connectivity index (χ0) is 10.7. The number of rotatable bonds is 1. The molecular formula is C11H9BrN2O. The van der Waals surface area contributed by atoms with Crippen LogP contribution in [0, 0.1) is 0 Å². The van der Waals surface area contributed by atoms with E-state index in [9.17, 15) is 0 Å². The highest BCUT2D eigenvalue weighted by Gasteiger charge is 1.93. The summed E-state index contributed by atoms with van der Waals surface area (Å²) in [6.45, 7) is 0. The standard InChI is InChI=1S/C11H9BrN2O/c12-10-8-14(15)7-6-11(10)13-9-4-2-1-3-5-9/h1-8,15H. The Hall–Kier alpha value is -1.55. The third kappa shape index (κ3) is 2.47. The lowest BCUT2D eigenvalue weighted by atomic mass is 10.3. The van der Waals surface area contributed by atoms with Crippen LogP contribution in [0.2, 0.25) is 0 Å². The summed E-state index contributed by atoms with van der Waals surface area (Å²) in [7, 11) is 0. The molecule has 1 heterocycles. The minimum Gasteiger partial charge on any atom is -0.429 e. The Labute approximate surface area is 95.4 Å². The molecule has 4 heteroatoms. The molecule has 76 valence electrons. The van der Waals surface area contributed by atoms with Gasteiger partial charge in [-0.15, -0.1) is 0 Å². The first-order valence-corrected chi connectivity index (χ1v) is 5.22. The topological polar surface area (TPSA) is 37.5 Å². The van der Waals surface area contributed by atoms with E-state index in [0.717, 1.165) is 20.2 Å². The van der Waals surface area contributed by atoms with Crippen LogP contribution in [-0.2, 0) is 0 Å². The summed E-state index contributed by atoms with van der Waals surface area (Å²) in [5.74, 6) is 0. The van der Waals surface area contributed by atoms with Gasteiger partial charge in [-0.2, -0.15) is 0 Å². The van der Waals surface area contributed by atoms with Gasteiger partial charge in [-0.25, -0.2) is 9.72 Å². The summed E-state index contributed by atoms with van der Waals surface area (Å²) in [5.41, 5.74) is 0.883. The van der Waals surface area contributed by atoms with E-state index in [4.69, 9.17) is 5.21 Å². The lowest BCUT2D eigenvalue weighted by molar-refractivity contribution is 0.183. The van der Waals surface area contributed by atoms with Gasteiger partial charge < -0.3 is 5.21 Å². The summed E-state index contributed by atoms with van der Waals surface area (Å²) in [6, 6.07) is 11.4. The van der Waals surface area contributed by atoms with E-state index in [1.54, 1.807) is 12.3 Å². The van der Waals surface area contributed by atoms with Crippen LogP contribution in [0.25, 0.3) is 0 Å². The lowest BCUT2D eigenvalue weighted by Gasteiger charge is -1.98. The number of pyridine rings is 1. The number of halogens is 1. The number of benzene rings is 1. The molecule has 0 atom stereocenters. The van der Waals surface area contributed by atoms with Crippen LogP contribution in [-0.4, -0.2) is 9.94 Å². The second-order valence-corrected chi connectivity index (χ2v) is 3.86. The van der Waals surface area contributed by atoms with Crippen molar-refractivity contribution in [3.8, 4) is 0 Å². The summed E-state index contributed by atoms with van der Waals surface area (Å²) < 4.78 is 1.73. The highest BCUT2D eigenvalue weighted by atomic mass is 79.9. The molecule has 1 aromatic carbocycles. The fraction of sp³-hybridized carbons (Fsp3) is 0. The highest BCUT2D eigenvalue weighted by molar-refractivity contribution is 9.10. The van der Waals surface area contributed by atoms with Crippen molar-refractivity contribution in [2.45, 2.75) is 0 Å². The van der Waals surface area contributed by atoms with E-state index >= 15 is 0 Å². The summed E-state index contributed by atoms with van der Waals surface area (Å²) in [4.78, 5) is 4.41. The third-order valence-electron chi connectivity index (χ3n) is 1.88. The van der Waals surface area contributed by atoms with Gasteiger partial charge in [0.1, 0.15) is 0 Å². The summed E-state index contributed by atoms with van der Waals surface area (Å²) >= 11 is 3.33. The molecule has 1 aromatic heterocycles. The molecule has 0 aliphatic rings. The second kappa shape index (κ2) is 4.31. The van der Waals surface area contributed by atoms with Crippen molar-refractivity contribution in [1.82, 2.24) is 4.73 Å². The molecule has 0 saturated carbocycles. The molecule has 1 N–H and O–H groups in total. The van der Waals surface area contributed by atoms with Crippen LogP contribution in [0.4, 0.5) is 5.69 Å². The van der Waals surface area contributed by atoms with Crippen LogP contribution < -0.4 is 5.36 Å². The molecule has 0 aliphatic heterocycles. The van der Waals surface area contributed by atoms with Gasteiger partial charge in [0.05, 0.1) is 21.7 Å². The number of para-hydroxylation sites is 1. The molecule has 0 bridgehead atoms. The van der Waals surface area contributed by atoms with Gasteiger partial charge in [-0.3, -0.25) is 0 Å². The van der Waals surface area contributed by atoms with Gasteiger partial charge in [-0.1, -0.05) is 18.2 Å². The minimum atomic E-state index is 0.747. The van der Waals surface area contributed by atoms with Crippen molar-refractivity contribution in [1.29, 1.82) is 0 Å². The van der Waals surface area contributed by atoms with E-state index < -0.39 is 0 Å². The molecular weight excluding hydrogens is 256 g/mol. The minimum absolute atomic E-state index is 0.747. The molecule has 0 radical (unpaired) electrons. The molecule has 3 nitrogen and oxygen atoms in total. The van der Waals surface area contributed by atoms with Gasteiger partial charge in [0, 0.05) is 6.20 Å². The maximum Gasteiger partial charge on any atom is 0.0810 e. The molecule has 0 aliphatic carbocycles. The molecule has 0 amide bonds. The molecule has 0 spiro atoms. The first-order valence-electron chi connectivity index (χ1n) is 4.42.